The highest BCUT2D eigenvalue weighted by atomic mass is 14.9. The molecule has 1 unspecified atom stereocenters. The molecule has 2 heteroatoms. The van der Waals surface area contributed by atoms with Crippen LogP contribution in [0.4, 0.5) is 5.69 Å². The van der Waals surface area contributed by atoms with E-state index in [1.54, 1.807) is 0 Å². The normalized spacial score (nSPS) is 12.5. The molecule has 0 bridgehead atoms. The van der Waals surface area contributed by atoms with Crippen molar-refractivity contribution in [1.82, 2.24) is 4.98 Å². The van der Waals surface area contributed by atoms with Crippen molar-refractivity contribution in [3.05, 3.63) is 58.4 Å². The van der Waals surface area contributed by atoms with Crippen LogP contribution in [0.5, 0.6) is 0 Å². The lowest BCUT2D eigenvalue weighted by Crippen LogP contribution is -2.11. The fraction of sp³-hybridized carbons (Fsp3) is 0.421. The summed E-state index contributed by atoms with van der Waals surface area (Å²) in [7, 11) is 0. The predicted octanol–water partition coefficient (Wildman–Crippen LogP) is 5.30. The van der Waals surface area contributed by atoms with E-state index in [2.05, 4.69) is 75.3 Å². The summed E-state index contributed by atoms with van der Waals surface area (Å²) in [6, 6.07) is 11.1. The van der Waals surface area contributed by atoms with E-state index in [4.69, 9.17) is 0 Å². The van der Waals surface area contributed by atoms with Gasteiger partial charge >= 0.3 is 0 Å². The SMILES string of the molecule is Cc1cc(C)c(C(C)Nc2ccc(C(C)C)cc2)c(C)n1. The molecule has 1 N–H and O–H groups in total. The summed E-state index contributed by atoms with van der Waals surface area (Å²) in [5.74, 6) is 0.572. The van der Waals surface area contributed by atoms with Gasteiger partial charge in [0, 0.05) is 17.1 Å². The van der Waals surface area contributed by atoms with Crippen LogP contribution in [-0.2, 0) is 0 Å². The molecule has 21 heavy (non-hydrogen) atoms. The van der Waals surface area contributed by atoms with Gasteiger partial charge in [-0.1, -0.05) is 26.0 Å². The smallest absolute Gasteiger partial charge is 0.0506 e. The van der Waals surface area contributed by atoms with Gasteiger partial charge in [0.2, 0.25) is 0 Å². The van der Waals surface area contributed by atoms with Gasteiger partial charge in [-0.2, -0.15) is 0 Å². The topological polar surface area (TPSA) is 24.9 Å². The highest BCUT2D eigenvalue weighted by molar-refractivity contribution is 5.48. The summed E-state index contributed by atoms with van der Waals surface area (Å²) in [6.45, 7) is 12.9. The third-order valence-corrected chi connectivity index (χ3v) is 3.98. The van der Waals surface area contributed by atoms with E-state index >= 15 is 0 Å². The maximum atomic E-state index is 4.59. The summed E-state index contributed by atoms with van der Waals surface area (Å²) >= 11 is 0. The Bertz CT molecular complexity index is 589. The number of aromatic nitrogens is 1. The van der Waals surface area contributed by atoms with Crippen LogP contribution in [0.15, 0.2) is 30.3 Å². The zero-order valence-electron chi connectivity index (χ0n) is 14.0. The van der Waals surface area contributed by atoms with Gasteiger partial charge in [-0.15, -0.1) is 0 Å². The van der Waals surface area contributed by atoms with Crippen LogP contribution < -0.4 is 5.32 Å². The Labute approximate surface area is 128 Å². The first-order valence-electron chi connectivity index (χ1n) is 7.69. The summed E-state index contributed by atoms with van der Waals surface area (Å²) in [6.07, 6.45) is 0. The van der Waals surface area contributed by atoms with Crippen molar-refractivity contribution in [2.24, 2.45) is 0 Å². The van der Waals surface area contributed by atoms with Crippen LogP contribution in [0.2, 0.25) is 0 Å². The quantitative estimate of drug-likeness (QED) is 0.822. The minimum absolute atomic E-state index is 0.253. The van der Waals surface area contributed by atoms with Gasteiger partial charge in [0.1, 0.15) is 0 Å². The molecule has 0 saturated heterocycles. The molecular weight excluding hydrogens is 256 g/mol. The first kappa shape index (κ1) is 15.6. The molecule has 0 fully saturated rings. The van der Waals surface area contributed by atoms with Gasteiger partial charge in [0.25, 0.3) is 0 Å². The number of nitrogens with zero attached hydrogens (tertiary/aromatic N) is 1. The number of aryl methyl sites for hydroxylation is 3. The first-order valence-corrected chi connectivity index (χ1v) is 7.69. The Kier molecular flexibility index (Phi) is 4.66. The van der Waals surface area contributed by atoms with E-state index in [-0.39, 0.29) is 6.04 Å². The van der Waals surface area contributed by atoms with Crippen molar-refractivity contribution in [3.63, 3.8) is 0 Å². The largest absolute Gasteiger partial charge is 0.378 e. The second kappa shape index (κ2) is 6.30. The Morgan fingerprint density at radius 3 is 2.10 bits per heavy atom. The van der Waals surface area contributed by atoms with E-state index in [0.29, 0.717) is 5.92 Å². The molecule has 0 amide bonds. The molecular formula is C19H26N2. The number of anilines is 1. The highest BCUT2D eigenvalue weighted by Gasteiger charge is 2.13. The molecule has 1 aromatic heterocycles. The van der Waals surface area contributed by atoms with E-state index in [9.17, 15) is 0 Å². The number of hydrogen-bond acceptors (Lipinski definition) is 2. The third-order valence-electron chi connectivity index (χ3n) is 3.98. The lowest BCUT2D eigenvalue weighted by molar-refractivity contribution is 0.840. The lowest BCUT2D eigenvalue weighted by atomic mass is 9.99. The summed E-state index contributed by atoms with van der Waals surface area (Å²) in [4.78, 5) is 4.59. The monoisotopic (exact) mass is 282 g/mol. The van der Waals surface area contributed by atoms with Gasteiger partial charge in [-0.05, 0) is 68.5 Å². The summed E-state index contributed by atoms with van der Waals surface area (Å²) < 4.78 is 0. The first-order chi connectivity index (χ1) is 9.88. The average molecular weight is 282 g/mol. The zero-order chi connectivity index (χ0) is 15.6. The summed E-state index contributed by atoms with van der Waals surface area (Å²) in [5, 5.41) is 3.59. The van der Waals surface area contributed by atoms with Gasteiger partial charge < -0.3 is 5.32 Å². The van der Waals surface area contributed by atoms with Gasteiger partial charge in [0.05, 0.1) is 6.04 Å². The number of benzene rings is 1. The molecule has 0 spiro atoms. The van der Waals surface area contributed by atoms with Gasteiger partial charge in [-0.3, -0.25) is 4.98 Å². The van der Waals surface area contributed by atoms with Crippen molar-refractivity contribution in [3.8, 4) is 0 Å². The van der Waals surface area contributed by atoms with Crippen LogP contribution in [0, 0.1) is 20.8 Å². The zero-order valence-corrected chi connectivity index (χ0v) is 14.0. The van der Waals surface area contributed by atoms with E-state index < -0.39 is 0 Å². The van der Waals surface area contributed by atoms with Crippen LogP contribution >= 0.6 is 0 Å². The fourth-order valence-electron chi connectivity index (χ4n) is 2.97. The molecule has 0 aliphatic rings. The molecule has 0 aliphatic heterocycles. The van der Waals surface area contributed by atoms with E-state index in [1.807, 2.05) is 6.92 Å². The average Bonchev–Trinajstić information content (AvgIpc) is 2.37. The molecule has 1 atom stereocenters. The Hall–Kier alpha value is -1.83. The van der Waals surface area contributed by atoms with E-state index in [1.165, 1.54) is 16.7 Å². The summed E-state index contributed by atoms with van der Waals surface area (Å²) in [5.41, 5.74) is 7.34. The predicted molar refractivity (Wildman–Crippen MR) is 91.0 cm³/mol. The maximum Gasteiger partial charge on any atom is 0.0506 e. The van der Waals surface area contributed by atoms with Crippen LogP contribution in [0.1, 0.15) is 60.8 Å². The second-order valence-electron chi connectivity index (χ2n) is 6.22. The van der Waals surface area contributed by atoms with Crippen LogP contribution in [-0.4, -0.2) is 4.98 Å². The Balaban J connectivity index is 2.20. The lowest BCUT2D eigenvalue weighted by Gasteiger charge is -2.20. The second-order valence-corrected chi connectivity index (χ2v) is 6.22. The van der Waals surface area contributed by atoms with E-state index in [0.717, 1.165) is 17.1 Å². The molecule has 2 aromatic rings. The molecule has 2 rings (SSSR count). The Morgan fingerprint density at radius 1 is 0.952 bits per heavy atom. The molecule has 1 heterocycles. The molecule has 112 valence electrons. The molecule has 0 radical (unpaired) electrons. The van der Waals surface area contributed by atoms with Crippen LogP contribution in [0.3, 0.4) is 0 Å². The third kappa shape index (κ3) is 3.63. The van der Waals surface area contributed by atoms with Crippen molar-refractivity contribution in [2.45, 2.75) is 53.5 Å². The standard InChI is InChI=1S/C19H26N2/c1-12(2)17-7-9-18(10-8-17)21-16(6)19-13(3)11-14(4)20-15(19)5/h7-12,16,21H,1-6H3. The highest BCUT2D eigenvalue weighted by Crippen LogP contribution is 2.26. The van der Waals surface area contributed by atoms with Gasteiger partial charge in [0.15, 0.2) is 0 Å². The van der Waals surface area contributed by atoms with Crippen molar-refractivity contribution < 1.29 is 0 Å². The van der Waals surface area contributed by atoms with Crippen molar-refractivity contribution in [2.75, 3.05) is 5.32 Å². The van der Waals surface area contributed by atoms with Crippen molar-refractivity contribution >= 4 is 5.69 Å². The molecule has 1 aromatic carbocycles. The number of hydrogen-bond donors (Lipinski definition) is 1. The fourth-order valence-corrected chi connectivity index (χ4v) is 2.97. The van der Waals surface area contributed by atoms with Crippen LogP contribution in [0.25, 0.3) is 0 Å². The molecule has 0 saturated carbocycles. The molecule has 2 nitrogen and oxygen atoms in total. The number of nitrogens with one attached hydrogen (secondary N) is 1. The van der Waals surface area contributed by atoms with Crippen molar-refractivity contribution in [1.29, 1.82) is 0 Å². The Morgan fingerprint density at radius 2 is 1.57 bits per heavy atom. The molecule has 0 aliphatic carbocycles. The minimum atomic E-state index is 0.253. The number of rotatable bonds is 4. The number of pyridine rings is 1. The minimum Gasteiger partial charge on any atom is -0.378 e. The maximum absolute atomic E-state index is 4.59. The van der Waals surface area contributed by atoms with Gasteiger partial charge in [-0.25, -0.2) is 0 Å².